The third-order valence-corrected chi connectivity index (χ3v) is 5.83. The molecule has 17 heteroatoms. The highest BCUT2D eigenvalue weighted by Gasteiger charge is 2.38. The maximum atomic E-state index is 13.0. The number of halogens is 3. The summed E-state index contributed by atoms with van der Waals surface area (Å²) >= 11 is 0. The second kappa shape index (κ2) is 15.8. The average Bonchev–Trinajstić information content (AvgIpc) is 2.94. The van der Waals surface area contributed by atoms with Crippen molar-refractivity contribution < 1.29 is 61.9 Å². The molecule has 1 atom stereocenters. The number of para-hydroxylation sites is 1. The lowest BCUT2D eigenvalue weighted by Gasteiger charge is -2.16. The molecule has 1 aliphatic heterocycles. The number of carbonyl (C=O) groups excluding carboxylic acids is 2. The third kappa shape index (κ3) is 11.1. The molecule has 238 valence electrons. The molecule has 0 spiro atoms. The van der Waals surface area contributed by atoms with Gasteiger partial charge in [0.1, 0.15) is 6.04 Å². The predicted molar refractivity (Wildman–Crippen MR) is 146 cm³/mol. The van der Waals surface area contributed by atoms with Crippen molar-refractivity contribution in [2.45, 2.75) is 50.7 Å². The normalized spacial score (nSPS) is 13.5. The van der Waals surface area contributed by atoms with Crippen LogP contribution in [0.5, 0.6) is 11.5 Å². The smallest absolute Gasteiger partial charge is 0.489 e. The summed E-state index contributed by atoms with van der Waals surface area (Å²) in [6.45, 7) is 0.328. The first-order valence-electron chi connectivity index (χ1n) is 12.8. The summed E-state index contributed by atoms with van der Waals surface area (Å²) in [4.78, 5) is 56.3. The van der Waals surface area contributed by atoms with Gasteiger partial charge in [0, 0.05) is 12.1 Å². The van der Waals surface area contributed by atoms with Crippen LogP contribution in [-0.2, 0) is 32.0 Å². The number of anilines is 1. The summed E-state index contributed by atoms with van der Waals surface area (Å²) < 4.78 is 43.3. The number of hydrogen-bond acceptors (Lipinski definition) is 8. The van der Waals surface area contributed by atoms with Crippen molar-refractivity contribution in [2.24, 2.45) is 5.73 Å². The van der Waals surface area contributed by atoms with Crippen LogP contribution in [0.3, 0.4) is 0 Å². The van der Waals surface area contributed by atoms with Crippen LogP contribution in [0, 0.1) is 5.41 Å². The SMILES string of the molecule is N=C(N)Nc1ccc2c(c1)CCCCOc1c(CCC(=O)NC(CC(=O)O)C(=O)O)cccc1OC2=O.O=C(O)C(F)(F)F. The van der Waals surface area contributed by atoms with Crippen molar-refractivity contribution in [1.82, 2.24) is 5.32 Å². The lowest BCUT2D eigenvalue weighted by Crippen LogP contribution is -2.42. The van der Waals surface area contributed by atoms with E-state index in [1.165, 1.54) is 0 Å². The molecule has 2 aromatic carbocycles. The maximum Gasteiger partial charge on any atom is 0.490 e. The highest BCUT2D eigenvalue weighted by molar-refractivity contribution is 5.95. The lowest BCUT2D eigenvalue weighted by atomic mass is 10.0. The number of amides is 1. The highest BCUT2D eigenvalue weighted by atomic mass is 19.4. The number of nitrogens with two attached hydrogens (primary N) is 1. The number of guanidine groups is 1. The molecule has 0 saturated carbocycles. The van der Waals surface area contributed by atoms with Crippen molar-refractivity contribution >= 4 is 41.4 Å². The van der Waals surface area contributed by atoms with Crippen molar-refractivity contribution in [1.29, 1.82) is 5.41 Å². The summed E-state index contributed by atoms with van der Waals surface area (Å²) in [6, 6.07) is 8.37. The number of nitrogens with one attached hydrogen (secondary N) is 3. The van der Waals surface area contributed by atoms with Crippen LogP contribution in [0.4, 0.5) is 18.9 Å². The number of ether oxygens (including phenoxy) is 2. The van der Waals surface area contributed by atoms with E-state index in [0.29, 0.717) is 48.4 Å². The Morgan fingerprint density at radius 3 is 2.34 bits per heavy atom. The predicted octanol–water partition coefficient (Wildman–Crippen LogP) is 2.54. The van der Waals surface area contributed by atoms with E-state index in [-0.39, 0.29) is 24.6 Å². The van der Waals surface area contributed by atoms with E-state index in [2.05, 4.69) is 10.6 Å². The minimum Gasteiger partial charge on any atom is -0.489 e. The van der Waals surface area contributed by atoms with Crippen molar-refractivity contribution in [2.75, 3.05) is 11.9 Å². The molecule has 44 heavy (non-hydrogen) atoms. The van der Waals surface area contributed by atoms with Gasteiger partial charge in [-0.3, -0.25) is 15.0 Å². The molecule has 1 aliphatic rings. The van der Waals surface area contributed by atoms with Gasteiger partial charge < -0.3 is 41.2 Å². The summed E-state index contributed by atoms with van der Waals surface area (Å²) in [5.41, 5.74) is 7.67. The van der Waals surface area contributed by atoms with Crippen molar-refractivity contribution in [3.05, 3.63) is 53.1 Å². The number of aryl methyl sites for hydroxylation is 2. The fourth-order valence-electron chi connectivity index (χ4n) is 3.87. The van der Waals surface area contributed by atoms with Gasteiger partial charge in [-0.1, -0.05) is 12.1 Å². The Bertz CT molecular complexity index is 1410. The van der Waals surface area contributed by atoms with Gasteiger partial charge in [-0.05, 0) is 61.1 Å². The Morgan fingerprint density at radius 1 is 1.07 bits per heavy atom. The summed E-state index contributed by atoms with van der Waals surface area (Å²) in [5.74, 6) is -6.51. The van der Waals surface area contributed by atoms with Crippen LogP contribution >= 0.6 is 0 Å². The van der Waals surface area contributed by atoms with Crippen LogP contribution in [0.25, 0.3) is 0 Å². The van der Waals surface area contributed by atoms with E-state index < -0.39 is 48.4 Å². The number of carbonyl (C=O) groups is 5. The van der Waals surface area contributed by atoms with Crippen molar-refractivity contribution in [3.8, 4) is 11.5 Å². The molecule has 0 aliphatic carbocycles. The van der Waals surface area contributed by atoms with E-state index in [4.69, 9.17) is 40.7 Å². The van der Waals surface area contributed by atoms with Crippen molar-refractivity contribution in [3.63, 3.8) is 0 Å². The zero-order valence-corrected chi connectivity index (χ0v) is 22.9. The molecule has 8 N–H and O–H groups in total. The van der Waals surface area contributed by atoms with Crippen LogP contribution < -0.4 is 25.8 Å². The molecule has 1 unspecified atom stereocenters. The number of rotatable bonds is 8. The standard InChI is InChI=1S/C25H28N4O8.C2HF3O2/c26-25(27)28-16-8-9-17-15(12-16)4-1-2-11-36-22-14(5-3-6-19(22)37-24(17)35)7-10-20(30)29-18(23(33)34)13-21(31)32;3-2(4,5)1(6)7/h3,5-6,8-9,12,18H,1-2,4,7,10-11,13H2,(H,29,30)(H,31,32)(H,33,34)(H4,26,27,28);(H,6,7). The number of alkyl halides is 3. The number of esters is 1. The van der Waals surface area contributed by atoms with E-state index in [0.717, 1.165) is 5.56 Å². The molecular formula is C27H29F3N4O10. The number of carboxylic acids is 3. The first kappa shape index (κ1) is 34.8. The largest absolute Gasteiger partial charge is 0.490 e. The fraction of sp³-hybridized carbons (Fsp3) is 0.333. The topological polar surface area (TPSA) is 238 Å². The molecule has 1 heterocycles. The van der Waals surface area contributed by atoms with Gasteiger partial charge in [0.25, 0.3) is 0 Å². The van der Waals surface area contributed by atoms with E-state index in [1.54, 1.807) is 36.4 Å². The van der Waals surface area contributed by atoms with Gasteiger partial charge in [-0.2, -0.15) is 13.2 Å². The Hall–Kier alpha value is -5.35. The quantitative estimate of drug-likeness (QED) is 0.0968. The molecule has 2 aromatic rings. The molecule has 0 aromatic heterocycles. The molecule has 0 fully saturated rings. The number of fused-ring (bicyclic) bond motifs is 2. The Labute approximate surface area is 247 Å². The molecular weight excluding hydrogens is 597 g/mol. The number of hydrogen-bond donors (Lipinski definition) is 7. The molecule has 0 bridgehead atoms. The average molecular weight is 627 g/mol. The monoisotopic (exact) mass is 626 g/mol. The first-order valence-corrected chi connectivity index (χ1v) is 12.8. The van der Waals surface area contributed by atoms with Gasteiger partial charge in [-0.15, -0.1) is 0 Å². The maximum absolute atomic E-state index is 13.0. The minimum absolute atomic E-state index is 0.133. The van der Waals surface area contributed by atoms with E-state index in [9.17, 15) is 32.3 Å². The van der Waals surface area contributed by atoms with Crippen LogP contribution in [0.15, 0.2) is 36.4 Å². The fourth-order valence-corrected chi connectivity index (χ4v) is 3.87. The van der Waals surface area contributed by atoms with Gasteiger partial charge in [0.15, 0.2) is 17.5 Å². The third-order valence-electron chi connectivity index (χ3n) is 5.83. The van der Waals surface area contributed by atoms with Crippen LogP contribution in [0.2, 0.25) is 0 Å². The second-order valence-corrected chi connectivity index (χ2v) is 9.21. The second-order valence-electron chi connectivity index (χ2n) is 9.21. The van der Waals surface area contributed by atoms with Gasteiger partial charge in [0.05, 0.1) is 18.6 Å². The number of benzene rings is 2. The molecule has 14 nitrogen and oxygen atoms in total. The van der Waals surface area contributed by atoms with E-state index in [1.807, 2.05) is 0 Å². The van der Waals surface area contributed by atoms with Gasteiger partial charge >= 0.3 is 30.1 Å². The molecule has 3 rings (SSSR count). The molecule has 0 radical (unpaired) electrons. The summed E-state index contributed by atoms with van der Waals surface area (Å²) in [5, 5.41) is 37.4. The Kier molecular flexibility index (Phi) is 12.5. The van der Waals surface area contributed by atoms with Crippen LogP contribution in [0.1, 0.15) is 47.2 Å². The van der Waals surface area contributed by atoms with E-state index >= 15 is 0 Å². The number of carboxylic acid groups (broad SMARTS) is 3. The minimum atomic E-state index is -5.08. The van der Waals surface area contributed by atoms with Gasteiger partial charge in [0.2, 0.25) is 5.91 Å². The number of aliphatic carboxylic acids is 3. The first-order chi connectivity index (χ1) is 20.6. The Morgan fingerprint density at radius 2 is 1.75 bits per heavy atom. The Balaban J connectivity index is 0.000000860. The zero-order chi connectivity index (χ0) is 33.0. The summed E-state index contributed by atoms with van der Waals surface area (Å²) in [6.07, 6.45) is -3.86. The summed E-state index contributed by atoms with van der Waals surface area (Å²) in [7, 11) is 0. The van der Waals surface area contributed by atoms with Gasteiger partial charge in [-0.25, -0.2) is 14.4 Å². The lowest BCUT2D eigenvalue weighted by molar-refractivity contribution is -0.192. The van der Waals surface area contributed by atoms with Crippen LogP contribution in [-0.4, -0.2) is 69.9 Å². The highest BCUT2D eigenvalue weighted by Crippen LogP contribution is 2.34. The zero-order valence-electron chi connectivity index (χ0n) is 22.9. The molecule has 1 amide bonds. The molecule has 0 saturated heterocycles.